The predicted octanol–water partition coefficient (Wildman–Crippen LogP) is 5.05. The zero-order valence-electron chi connectivity index (χ0n) is 12.9. The van der Waals surface area contributed by atoms with Crippen LogP contribution in [-0.2, 0) is 9.84 Å². The molecule has 0 aliphatic carbocycles. The summed E-state index contributed by atoms with van der Waals surface area (Å²) in [5.74, 6) is 0.891. The van der Waals surface area contributed by atoms with Crippen LogP contribution in [0.4, 0.5) is 0 Å². The summed E-state index contributed by atoms with van der Waals surface area (Å²) in [4.78, 5) is -0.294. The Bertz CT molecular complexity index is 1060. The summed E-state index contributed by atoms with van der Waals surface area (Å²) in [5.41, 5.74) is 0.854. The van der Waals surface area contributed by atoms with E-state index in [0.29, 0.717) is 11.5 Å². The van der Waals surface area contributed by atoms with Crippen LogP contribution in [-0.4, -0.2) is 8.42 Å². The molecule has 0 saturated carbocycles. The fourth-order valence-electron chi connectivity index (χ4n) is 2.23. The van der Waals surface area contributed by atoms with Crippen molar-refractivity contribution in [2.45, 2.75) is 4.90 Å². The van der Waals surface area contributed by atoms with Gasteiger partial charge in [0.25, 0.3) is 0 Å². The second-order valence-corrected chi connectivity index (χ2v) is 7.98. The Morgan fingerprint density at radius 2 is 1.68 bits per heavy atom. The summed E-state index contributed by atoms with van der Waals surface area (Å²) < 4.78 is 31.7. The third-order valence-corrected chi connectivity index (χ3v) is 5.69. The van der Waals surface area contributed by atoms with Crippen molar-refractivity contribution in [2.24, 2.45) is 0 Å². The van der Waals surface area contributed by atoms with Crippen molar-refractivity contribution < 1.29 is 12.8 Å². The van der Waals surface area contributed by atoms with Gasteiger partial charge in [0.1, 0.15) is 17.6 Å². The van der Waals surface area contributed by atoms with Gasteiger partial charge in [-0.15, -0.1) is 0 Å². The van der Waals surface area contributed by atoms with Crippen LogP contribution in [0.2, 0.25) is 0 Å². The van der Waals surface area contributed by atoms with E-state index in [1.807, 2.05) is 24.3 Å². The maximum absolute atomic E-state index is 12.5. The van der Waals surface area contributed by atoms with Gasteiger partial charge in [-0.2, -0.15) is 5.26 Å². The first-order valence-electron chi connectivity index (χ1n) is 7.28. The van der Waals surface area contributed by atoms with Gasteiger partial charge < -0.3 is 4.42 Å². The molecule has 4 nitrogen and oxygen atoms in total. The molecule has 0 N–H and O–H groups in total. The summed E-state index contributed by atoms with van der Waals surface area (Å²) in [5, 5.41) is 9.29. The number of nitrogens with zero attached hydrogens (tertiary/aromatic N) is 1. The van der Waals surface area contributed by atoms with Crippen molar-refractivity contribution in [1.82, 2.24) is 0 Å². The van der Waals surface area contributed by atoms with Gasteiger partial charge in [0.15, 0.2) is 4.91 Å². The minimum Gasteiger partial charge on any atom is -0.457 e. The highest BCUT2D eigenvalue weighted by atomic mass is 79.9. The Morgan fingerprint density at radius 3 is 2.32 bits per heavy atom. The Balaban J connectivity index is 1.97. The Labute approximate surface area is 154 Å². The molecule has 1 aromatic heterocycles. The highest BCUT2D eigenvalue weighted by Gasteiger charge is 2.21. The lowest BCUT2D eigenvalue weighted by Crippen LogP contribution is -2.03. The van der Waals surface area contributed by atoms with Crippen LogP contribution in [0.5, 0.6) is 0 Å². The molecule has 6 heteroatoms. The van der Waals surface area contributed by atoms with Gasteiger partial charge in [0, 0.05) is 16.1 Å². The molecule has 0 saturated heterocycles. The van der Waals surface area contributed by atoms with E-state index < -0.39 is 9.84 Å². The van der Waals surface area contributed by atoms with Crippen LogP contribution in [0.25, 0.3) is 17.4 Å². The van der Waals surface area contributed by atoms with Crippen LogP contribution < -0.4 is 0 Å². The van der Waals surface area contributed by atoms with Gasteiger partial charge in [0.2, 0.25) is 9.84 Å². The second-order valence-electron chi connectivity index (χ2n) is 5.15. The first kappa shape index (κ1) is 17.2. The molecule has 0 bridgehead atoms. The van der Waals surface area contributed by atoms with E-state index in [-0.39, 0.29) is 9.80 Å². The molecule has 0 atom stereocenters. The zero-order chi connectivity index (χ0) is 17.9. The monoisotopic (exact) mass is 413 g/mol. The number of hydrogen-bond donors (Lipinski definition) is 0. The predicted molar refractivity (Wildman–Crippen MR) is 99.1 cm³/mol. The SMILES string of the molecule is N#C/C(=C\c1ccc(-c2ccc(Br)cc2)o1)S(=O)(=O)c1ccccc1. The lowest BCUT2D eigenvalue weighted by Gasteiger charge is -2.02. The van der Waals surface area contributed by atoms with Gasteiger partial charge >= 0.3 is 0 Å². The molecule has 0 spiro atoms. The smallest absolute Gasteiger partial charge is 0.216 e. The number of benzene rings is 2. The molecule has 0 aliphatic heterocycles. The number of sulfone groups is 1. The Morgan fingerprint density at radius 1 is 1.00 bits per heavy atom. The van der Waals surface area contributed by atoms with Gasteiger partial charge in [-0.3, -0.25) is 0 Å². The highest BCUT2D eigenvalue weighted by molar-refractivity contribution is 9.10. The van der Waals surface area contributed by atoms with E-state index in [1.54, 1.807) is 36.4 Å². The molecular weight excluding hydrogens is 402 g/mol. The molecule has 124 valence electrons. The fraction of sp³-hybridized carbons (Fsp3) is 0. The first-order chi connectivity index (χ1) is 12.0. The summed E-state index contributed by atoms with van der Waals surface area (Å²) in [6, 6.07) is 20.5. The van der Waals surface area contributed by atoms with Crippen molar-refractivity contribution in [3.05, 3.63) is 81.9 Å². The summed E-state index contributed by atoms with van der Waals surface area (Å²) in [6.07, 6.45) is 1.24. The normalized spacial score (nSPS) is 11.9. The number of allylic oxidation sites excluding steroid dienone is 1. The average molecular weight is 414 g/mol. The van der Waals surface area contributed by atoms with E-state index >= 15 is 0 Å². The molecule has 0 radical (unpaired) electrons. The number of nitriles is 1. The summed E-state index contributed by atoms with van der Waals surface area (Å²) >= 11 is 3.37. The maximum atomic E-state index is 12.5. The van der Waals surface area contributed by atoms with Crippen LogP contribution in [0.15, 0.2) is 85.4 Å². The van der Waals surface area contributed by atoms with E-state index in [0.717, 1.165) is 10.0 Å². The van der Waals surface area contributed by atoms with E-state index in [4.69, 9.17) is 4.42 Å². The molecule has 0 unspecified atom stereocenters. The maximum Gasteiger partial charge on any atom is 0.216 e. The summed E-state index contributed by atoms with van der Waals surface area (Å²) in [7, 11) is -3.88. The highest BCUT2D eigenvalue weighted by Crippen LogP contribution is 2.26. The minimum atomic E-state index is -3.88. The zero-order valence-corrected chi connectivity index (χ0v) is 15.3. The van der Waals surface area contributed by atoms with Crippen LogP contribution >= 0.6 is 15.9 Å². The van der Waals surface area contributed by atoms with E-state index in [2.05, 4.69) is 15.9 Å². The average Bonchev–Trinajstić information content (AvgIpc) is 3.09. The third kappa shape index (κ3) is 3.73. The standard InChI is InChI=1S/C19H12BrNO3S/c20-15-8-6-14(7-9-15)19-11-10-16(24-19)12-18(13-21)25(22,23)17-4-2-1-3-5-17/h1-12H/b18-12+. The van der Waals surface area contributed by atoms with Crippen molar-refractivity contribution >= 4 is 31.8 Å². The molecule has 1 heterocycles. The lowest BCUT2D eigenvalue weighted by atomic mass is 10.2. The molecule has 0 amide bonds. The molecular formula is C19H12BrNO3S. The Hall–Kier alpha value is -2.62. The quantitative estimate of drug-likeness (QED) is 0.561. The van der Waals surface area contributed by atoms with Gasteiger partial charge in [-0.25, -0.2) is 8.42 Å². The van der Waals surface area contributed by atoms with Gasteiger partial charge in [-0.05, 0) is 36.4 Å². The first-order valence-corrected chi connectivity index (χ1v) is 9.56. The van der Waals surface area contributed by atoms with E-state index in [9.17, 15) is 13.7 Å². The van der Waals surface area contributed by atoms with Crippen molar-refractivity contribution in [2.75, 3.05) is 0 Å². The molecule has 2 aromatic carbocycles. The Kier molecular flexibility index (Phi) is 4.88. The molecule has 25 heavy (non-hydrogen) atoms. The van der Waals surface area contributed by atoms with Crippen molar-refractivity contribution in [3.8, 4) is 17.4 Å². The van der Waals surface area contributed by atoms with E-state index in [1.165, 1.54) is 18.2 Å². The van der Waals surface area contributed by atoms with Gasteiger partial charge in [-0.1, -0.05) is 46.3 Å². The van der Waals surface area contributed by atoms with Crippen LogP contribution in [0.1, 0.15) is 5.76 Å². The van der Waals surface area contributed by atoms with Crippen molar-refractivity contribution in [3.63, 3.8) is 0 Å². The number of hydrogen-bond acceptors (Lipinski definition) is 4. The second kappa shape index (κ2) is 7.09. The topological polar surface area (TPSA) is 71.1 Å². The van der Waals surface area contributed by atoms with Crippen LogP contribution in [0.3, 0.4) is 0 Å². The van der Waals surface area contributed by atoms with Gasteiger partial charge in [0.05, 0.1) is 4.90 Å². The molecule has 0 aliphatic rings. The third-order valence-electron chi connectivity index (χ3n) is 3.48. The molecule has 3 aromatic rings. The molecule has 3 rings (SSSR count). The molecule has 0 fully saturated rings. The van der Waals surface area contributed by atoms with Crippen molar-refractivity contribution in [1.29, 1.82) is 5.26 Å². The number of rotatable bonds is 4. The van der Waals surface area contributed by atoms with Crippen LogP contribution in [0, 0.1) is 11.3 Å². The number of furan rings is 1. The lowest BCUT2D eigenvalue weighted by molar-refractivity contribution is 0.571. The summed E-state index contributed by atoms with van der Waals surface area (Å²) in [6.45, 7) is 0. The number of halogens is 1. The largest absolute Gasteiger partial charge is 0.457 e. The minimum absolute atomic E-state index is 0.0717. The fourth-order valence-corrected chi connectivity index (χ4v) is 3.65.